The Hall–Kier alpha value is -0.955. The molecule has 0 unspecified atom stereocenters. The standard InChI is InChI=1S/C17H22BF3O3S/c1-15(2)16(3,4)24-18(23-15)14(10-25)8-11-5-6-13(17(19,20)21)7-12(11)9-22/h5-8,22,25H,9-10H2,1-4H3. The van der Waals surface area contributed by atoms with E-state index in [1.54, 1.807) is 6.08 Å². The van der Waals surface area contributed by atoms with Crippen molar-refractivity contribution in [3.8, 4) is 0 Å². The van der Waals surface area contributed by atoms with Crippen molar-refractivity contribution in [2.45, 2.75) is 51.7 Å². The van der Waals surface area contributed by atoms with Gasteiger partial charge < -0.3 is 14.4 Å². The Morgan fingerprint density at radius 3 is 2.20 bits per heavy atom. The van der Waals surface area contributed by atoms with E-state index in [0.717, 1.165) is 12.1 Å². The van der Waals surface area contributed by atoms with Gasteiger partial charge in [-0.2, -0.15) is 25.8 Å². The molecule has 1 heterocycles. The van der Waals surface area contributed by atoms with Crippen LogP contribution in [0, 0.1) is 0 Å². The van der Waals surface area contributed by atoms with Gasteiger partial charge in [0, 0.05) is 5.75 Å². The molecule has 0 radical (unpaired) electrons. The zero-order valence-electron chi connectivity index (χ0n) is 14.6. The molecule has 0 atom stereocenters. The molecule has 1 saturated heterocycles. The van der Waals surface area contributed by atoms with Crippen LogP contribution in [0.1, 0.15) is 44.4 Å². The van der Waals surface area contributed by atoms with Gasteiger partial charge in [-0.1, -0.05) is 12.1 Å². The Morgan fingerprint density at radius 1 is 1.20 bits per heavy atom. The van der Waals surface area contributed by atoms with Crippen LogP contribution in [-0.4, -0.2) is 29.2 Å². The van der Waals surface area contributed by atoms with Gasteiger partial charge >= 0.3 is 13.3 Å². The van der Waals surface area contributed by atoms with Crippen molar-refractivity contribution in [2.75, 3.05) is 5.75 Å². The monoisotopic (exact) mass is 374 g/mol. The fraction of sp³-hybridized carbons (Fsp3) is 0.529. The molecular formula is C17H22BF3O3S. The first-order chi connectivity index (χ1) is 11.4. The molecule has 1 aliphatic rings. The lowest BCUT2D eigenvalue weighted by Crippen LogP contribution is -2.41. The number of rotatable bonds is 4. The Balaban J connectivity index is 2.38. The van der Waals surface area contributed by atoms with E-state index in [-0.39, 0.29) is 5.56 Å². The molecule has 2 rings (SSSR count). The van der Waals surface area contributed by atoms with E-state index in [4.69, 9.17) is 9.31 Å². The second-order valence-corrected chi connectivity index (χ2v) is 7.35. The van der Waals surface area contributed by atoms with Gasteiger partial charge in [-0.25, -0.2) is 0 Å². The van der Waals surface area contributed by atoms with Gasteiger partial charge in [-0.3, -0.25) is 0 Å². The van der Waals surface area contributed by atoms with Crippen molar-refractivity contribution in [1.82, 2.24) is 0 Å². The van der Waals surface area contributed by atoms with Gasteiger partial charge in [0.1, 0.15) is 0 Å². The van der Waals surface area contributed by atoms with Crippen LogP contribution in [0.15, 0.2) is 23.7 Å². The lowest BCUT2D eigenvalue weighted by molar-refractivity contribution is -0.137. The largest absolute Gasteiger partial charge is 0.491 e. The van der Waals surface area contributed by atoms with Crippen molar-refractivity contribution >= 4 is 25.8 Å². The summed E-state index contributed by atoms with van der Waals surface area (Å²) in [5.41, 5.74) is -0.507. The first-order valence-corrected chi connectivity index (χ1v) is 8.52. The molecule has 1 aromatic carbocycles. The molecule has 25 heavy (non-hydrogen) atoms. The second-order valence-electron chi connectivity index (χ2n) is 7.04. The third-order valence-corrected chi connectivity index (χ3v) is 5.09. The Bertz CT molecular complexity index is 656. The fourth-order valence-electron chi connectivity index (χ4n) is 2.44. The van der Waals surface area contributed by atoms with Crippen LogP contribution >= 0.6 is 12.6 Å². The number of halogens is 3. The van der Waals surface area contributed by atoms with Crippen LogP contribution in [0.3, 0.4) is 0 Å². The zero-order valence-corrected chi connectivity index (χ0v) is 15.5. The Labute approximate surface area is 151 Å². The molecule has 1 aromatic rings. The fourth-order valence-corrected chi connectivity index (χ4v) is 2.68. The number of aliphatic hydroxyl groups excluding tert-OH is 1. The molecule has 1 N–H and O–H groups in total. The second kappa shape index (κ2) is 6.98. The molecule has 0 amide bonds. The molecular weight excluding hydrogens is 352 g/mol. The number of alkyl halides is 3. The molecule has 0 bridgehead atoms. The highest BCUT2D eigenvalue weighted by atomic mass is 32.1. The minimum Gasteiger partial charge on any atom is -0.400 e. The van der Waals surface area contributed by atoms with Crippen molar-refractivity contribution in [3.63, 3.8) is 0 Å². The van der Waals surface area contributed by atoms with E-state index < -0.39 is 36.7 Å². The van der Waals surface area contributed by atoms with E-state index in [2.05, 4.69) is 12.6 Å². The quantitative estimate of drug-likeness (QED) is 0.615. The third-order valence-electron chi connectivity index (χ3n) is 4.72. The Morgan fingerprint density at radius 2 is 1.76 bits per heavy atom. The van der Waals surface area contributed by atoms with Crippen LogP contribution in [0.2, 0.25) is 0 Å². The van der Waals surface area contributed by atoms with Crippen LogP contribution in [0.25, 0.3) is 6.08 Å². The number of hydrogen-bond acceptors (Lipinski definition) is 4. The van der Waals surface area contributed by atoms with E-state index in [9.17, 15) is 18.3 Å². The molecule has 0 aliphatic carbocycles. The van der Waals surface area contributed by atoms with Gasteiger partial charge in [0.05, 0.1) is 23.4 Å². The van der Waals surface area contributed by atoms with Crippen LogP contribution in [0.4, 0.5) is 13.2 Å². The number of thiol groups is 1. The maximum absolute atomic E-state index is 12.8. The van der Waals surface area contributed by atoms with Crippen LogP contribution in [-0.2, 0) is 22.1 Å². The summed E-state index contributed by atoms with van der Waals surface area (Å²) in [6, 6.07) is 3.28. The lowest BCUT2D eigenvalue weighted by atomic mass is 9.78. The predicted octanol–water partition coefficient (Wildman–Crippen LogP) is 4.14. The molecule has 0 aromatic heterocycles. The highest BCUT2D eigenvalue weighted by molar-refractivity contribution is 7.80. The SMILES string of the molecule is CC1(C)OB(C(=Cc2ccc(C(F)(F)F)cc2CO)CS)OC1(C)C. The summed E-state index contributed by atoms with van der Waals surface area (Å²) >= 11 is 4.29. The van der Waals surface area contributed by atoms with Crippen molar-refractivity contribution in [3.05, 3.63) is 40.4 Å². The minimum absolute atomic E-state index is 0.186. The predicted molar refractivity (Wildman–Crippen MR) is 95.3 cm³/mol. The minimum atomic E-state index is -4.45. The van der Waals surface area contributed by atoms with Gasteiger partial charge in [-0.05, 0) is 56.4 Å². The smallest absolute Gasteiger partial charge is 0.400 e. The highest BCUT2D eigenvalue weighted by Crippen LogP contribution is 2.39. The van der Waals surface area contributed by atoms with E-state index in [1.165, 1.54) is 6.07 Å². The van der Waals surface area contributed by atoms with Gasteiger partial charge in [0.25, 0.3) is 0 Å². The maximum Gasteiger partial charge on any atom is 0.491 e. The van der Waals surface area contributed by atoms with Crippen molar-refractivity contribution in [1.29, 1.82) is 0 Å². The van der Waals surface area contributed by atoms with Gasteiger partial charge in [-0.15, -0.1) is 0 Å². The summed E-state index contributed by atoms with van der Waals surface area (Å²) in [6.07, 6.45) is -2.79. The van der Waals surface area contributed by atoms with E-state index in [1.807, 2.05) is 27.7 Å². The molecule has 0 saturated carbocycles. The first kappa shape index (κ1) is 20.4. The van der Waals surface area contributed by atoms with E-state index in [0.29, 0.717) is 16.8 Å². The van der Waals surface area contributed by atoms with Crippen LogP contribution < -0.4 is 0 Å². The number of hydrogen-bond donors (Lipinski definition) is 2. The highest BCUT2D eigenvalue weighted by Gasteiger charge is 2.52. The number of aliphatic hydroxyl groups is 1. The molecule has 0 spiro atoms. The summed E-state index contributed by atoms with van der Waals surface area (Å²) in [5, 5.41) is 9.45. The third kappa shape index (κ3) is 4.24. The van der Waals surface area contributed by atoms with Crippen molar-refractivity contribution in [2.24, 2.45) is 0 Å². The number of benzene rings is 1. The lowest BCUT2D eigenvalue weighted by Gasteiger charge is -2.32. The summed E-state index contributed by atoms with van der Waals surface area (Å²) in [5.74, 6) is 0.308. The maximum atomic E-state index is 12.8. The normalized spacial score (nSPS) is 20.2. The van der Waals surface area contributed by atoms with Gasteiger partial charge in [0.15, 0.2) is 0 Å². The van der Waals surface area contributed by atoms with Crippen molar-refractivity contribution < 1.29 is 27.6 Å². The molecule has 1 fully saturated rings. The molecule has 1 aliphatic heterocycles. The van der Waals surface area contributed by atoms with Crippen LogP contribution in [0.5, 0.6) is 0 Å². The summed E-state index contributed by atoms with van der Waals surface area (Å²) in [7, 11) is -0.642. The topological polar surface area (TPSA) is 38.7 Å². The average molecular weight is 374 g/mol. The molecule has 3 nitrogen and oxygen atoms in total. The summed E-state index contributed by atoms with van der Waals surface area (Å²) in [4.78, 5) is 0. The molecule has 138 valence electrons. The Kier molecular flexibility index (Phi) is 5.69. The molecule has 8 heteroatoms. The average Bonchev–Trinajstić information content (AvgIpc) is 2.71. The summed E-state index contributed by atoms with van der Waals surface area (Å²) < 4.78 is 50.4. The first-order valence-electron chi connectivity index (χ1n) is 7.89. The van der Waals surface area contributed by atoms with Gasteiger partial charge in [0.2, 0.25) is 0 Å². The summed E-state index contributed by atoms with van der Waals surface area (Å²) in [6.45, 7) is 7.17. The zero-order chi connectivity index (χ0) is 19.0. The van der Waals surface area contributed by atoms with E-state index >= 15 is 0 Å².